The van der Waals surface area contributed by atoms with Crippen molar-refractivity contribution in [2.24, 2.45) is 5.92 Å². The molecule has 1 aliphatic rings. The molecule has 1 aliphatic carbocycles. The molecule has 2 rings (SSSR count). The Labute approximate surface area is 77.8 Å². The fraction of sp³-hybridized carbons (Fsp3) is 0.500. The molecular weight excluding hydrogens is 170 g/mol. The molecule has 1 saturated carbocycles. The van der Waals surface area contributed by atoms with E-state index in [1.54, 1.807) is 0 Å². The van der Waals surface area contributed by atoms with Crippen molar-refractivity contribution in [3.63, 3.8) is 0 Å². The van der Waals surface area contributed by atoms with E-state index in [4.69, 9.17) is 11.6 Å². The first kappa shape index (κ1) is 8.06. The highest BCUT2D eigenvalue weighted by molar-refractivity contribution is 6.16. The van der Waals surface area contributed by atoms with Crippen molar-refractivity contribution >= 4 is 11.6 Å². The predicted molar refractivity (Wildman–Crippen MR) is 50.2 cm³/mol. The van der Waals surface area contributed by atoms with Gasteiger partial charge in [-0.2, -0.15) is 0 Å². The highest BCUT2D eigenvalue weighted by Gasteiger charge is 2.21. The summed E-state index contributed by atoms with van der Waals surface area (Å²) in [6.45, 7) is 0. The van der Waals surface area contributed by atoms with E-state index in [2.05, 4.69) is 11.1 Å². The van der Waals surface area contributed by atoms with E-state index in [9.17, 15) is 0 Å². The lowest BCUT2D eigenvalue weighted by molar-refractivity contribution is 0.798. The van der Waals surface area contributed by atoms with Gasteiger partial charge in [-0.05, 0) is 37.3 Å². The van der Waals surface area contributed by atoms with Crippen LogP contribution in [0.5, 0.6) is 0 Å². The number of hydrogen-bond donors (Lipinski definition) is 0. The molecular formula is C10H12ClN. The molecule has 1 aromatic rings. The van der Waals surface area contributed by atoms with Crippen LogP contribution in [0.25, 0.3) is 0 Å². The Morgan fingerprint density at radius 2 is 2.08 bits per heavy atom. The summed E-state index contributed by atoms with van der Waals surface area (Å²) in [5.74, 6) is 1.43. The van der Waals surface area contributed by atoms with Gasteiger partial charge < -0.3 is 0 Å². The van der Waals surface area contributed by atoms with Gasteiger partial charge in [-0.15, -0.1) is 11.6 Å². The molecule has 0 radical (unpaired) electrons. The molecule has 64 valence electrons. The fourth-order valence-electron chi connectivity index (χ4n) is 1.34. The van der Waals surface area contributed by atoms with Crippen molar-refractivity contribution in [2.45, 2.75) is 25.1 Å². The summed E-state index contributed by atoms with van der Waals surface area (Å²) in [4.78, 5) is 4.44. The average molecular weight is 182 g/mol. The molecule has 0 spiro atoms. The van der Waals surface area contributed by atoms with Gasteiger partial charge in [-0.1, -0.05) is 6.07 Å². The van der Waals surface area contributed by atoms with Crippen LogP contribution >= 0.6 is 11.6 Å². The number of aromatic nitrogens is 1. The summed E-state index contributed by atoms with van der Waals surface area (Å²) in [6, 6.07) is 6.11. The third-order valence-electron chi connectivity index (χ3n) is 2.20. The molecule has 2 heteroatoms. The first-order chi connectivity index (χ1) is 5.88. The molecule has 0 unspecified atom stereocenters. The third kappa shape index (κ3) is 1.98. The van der Waals surface area contributed by atoms with Gasteiger partial charge in [0.2, 0.25) is 0 Å². The first-order valence-electron chi connectivity index (χ1n) is 4.39. The number of nitrogens with zero attached hydrogens (tertiary/aromatic N) is 1. The van der Waals surface area contributed by atoms with Crippen LogP contribution in [0, 0.1) is 5.92 Å². The number of alkyl halides is 1. The molecule has 1 nitrogen and oxygen atoms in total. The number of rotatable bonds is 3. The van der Waals surface area contributed by atoms with Gasteiger partial charge in [0.25, 0.3) is 0 Å². The normalized spacial score (nSPS) is 16.4. The second-order valence-corrected chi connectivity index (χ2v) is 3.67. The summed E-state index contributed by atoms with van der Waals surface area (Å²) >= 11 is 5.69. The van der Waals surface area contributed by atoms with Crippen molar-refractivity contribution in [3.05, 3.63) is 29.6 Å². The molecule has 0 amide bonds. The summed E-state index contributed by atoms with van der Waals surface area (Å²) < 4.78 is 0. The molecule has 12 heavy (non-hydrogen) atoms. The van der Waals surface area contributed by atoms with Crippen LogP contribution in [-0.2, 0) is 12.3 Å². The van der Waals surface area contributed by atoms with E-state index < -0.39 is 0 Å². The second kappa shape index (κ2) is 3.44. The topological polar surface area (TPSA) is 12.9 Å². The van der Waals surface area contributed by atoms with Gasteiger partial charge >= 0.3 is 0 Å². The highest BCUT2D eigenvalue weighted by Crippen LogP contribution is 2.31. The van der Waals surface area contributed by atoms with Crippen LogP contribution in [0.15, 0.2) is 18.2 Å². The lowest BCUT2D eigenvalue weighted by Gasteiger charge is -1.99. The van der Waals surface area contributed by atoms with Crippen LogP contribution in [0.1, 0.15) is 24.2 Å². The monoisotopic (exact) mass is 181 g/mol. The largest absolute Gasteiger partial charge is 0.257 e. The predicted octanol–water partition coefficient (Wildman–Crippen LogP) is 2.77. The van der Waals surface area contributed by atoms with Crippen molar-refractivity contribution in [2.75, 3.05) is 0 Å². The van der Waals surface area contributed by atoms with Gasteiger partial charge in [0.05, 0.1) is 11.6 Å². The van der Waals surface area contributed by atoms with Crippen LogP contribution in [0.4, 0.5) is 0 Å². The highest BCUT2D eigenvalue weighted by atomic mass is 35.5. The summed E-state index contributed by atoms with van der Waals surface area (Å²) in [5, 5.41) is 0. The molecule has 1 aromatic heterocycles. The lowest BCUT2D eigenvalue weighted by Crippen LogP contribution is -1.94. The molecule has 1 fully saturated rings. The second-order valence-electron chi connectivity index (χ2n) is 3.40. The molecule has 0 aliphatic heterocycles. The SMILES string of the molecule is ClCc1cccc(CC2CC2)n1. The summed E-state index contributed by atoms with van der Waals surface area (Å²) in [7, 11) is 0. The Morgan fingerprint density at radius 1 is 1.33 bits per heavy atom. The van der Waals surface area contributed by atoms with E-state index in [0.717, 1.165) is 18.0 Å². The maximum absolute atomic E-state index is 5.69. The third-order valence-corrected chi connectivity index (χ3v) is 2.47. The Kier molecular flexibility index (Phi) is 2.31. The molecule has 1 heterocycles. The van der Waals surface area contributed by atoms with Crippen LogP contribution < -0.4 is 0 Å². The van der Waals surface area contributed by atoms with E-state index in [-0.39, 0.29) is 0 Å². The van der Waals surface area contributed by atoms with Gasteiger partial charge in [-0.3, -0.25) is 4.98 Å². The van der Waals surface area contributed by atoms with Crippen LogP contribution in [0.2, 0.25) is 0 Å². The summed E-state index contributed by atoms with van der Waals surface area (Å²) in [5.41, 5.74) is 2.20. The van der Waals surface area contributed by atoms with Crippen molar-refractivity contribution in [3.8, 4) is 0 Å². The quantitative estimate of drug-likeness (QED) is 0.654. The maximum Gasteiger partial charge on any atom is 0.0647 e. The molecule has 0 aromatic carbocycles. The Balaban J connectivity index is 2.08. The molecule has 0 bridgehead atoms. The molecule has 0 atom stereocenters. The Bertz CT molecular complexity index is 268. The van der Waals surface area contributed by atoms with E-state index >= 15 is 0 Å². The van der Waals surface area contributed by atoms with Gasteiger partial charge in [-0.25, -0.2) is 0 Å². The van der Waals surface area contributed by atoms with Crippen molar-refractivity contribution < 1.29 is 0 Å². The zero-order valence-corrected chi connectivity index (χ0v) is 7.72. The van der Waals surface area contributed by atoms with Gasteiger partial charge in [0, 0.05) is 5.69 Å². The minimum Gasteiger partial charge on any atom is -0.257 e. The first-order valence-corrected chi connectivity index (χ1v) is 4.92. The van der Waals surface area contributed by atoms with E-state index in [1.165, 1.54) is 18.5 Å². The molecule has 0 saturated heterocycles. The Hall–Kier alpha value is -0.560. The minimum atomic E-state index is 0.526. The van der Waals surface area contributed by atoms with Crippen molar-refractivity contribution in [1.82, 2.24) is 4.98 Å². The number of pyridine rings is 1. The van der Waals surface area contributed by atoms with Gasteiger partial charge in [0.1, 0.15) is 0 Å². The Morgan fingerprint density at radius 3 is 2.75 bits per heavy atom. The zero-order chi connectivity index (χ0) is 8.39. The fourth-order valence-corrected chi connectivity index (χ4v) is 1.48. The van der Waals surface area contributed by atoms with E-state index in [1.807, 2.05) is 12.1 Å². The maximum atomic E-state index is 5.69. The standard InChI is InChI=1S/C10H12ClN/c11-7-10-3-1-2-9(12-10)6-8-4-5-8/h1-3,8H,4-7H2. The summed E-state index contributed by atoms with van der Waals surface area (Å²) in [6.07, 6.45) is 3.91. The number of hydrogen-bond acceptors (Lipinski definition) is 1. The lowest BCUT2D eigenvalue weighted by atomic mass is 10.2. The average Bonchev–Trinajstić information content (AvgIpc) is 2.89. The van der Waals surface area contributed by atoms with Crippen LogP contribution in [0.3, 0.4) is 0 Å². The van der Waals surface area contributed by atoms with E-state index in [0.29, 0.717) is 5.88 Å². The van der Waals surface area contributed by atoms with Gasteiger partial charge in [0.15, 0.2) is 0 Å². The number of halogens is 1. The minimum absolute atomic E-state index is 0.526. The molecule has 0 N–H and O–H groups in total. The zero-order valence-electron chi connectivity index (χ0n) is 6.96. The smallest absolute Gasteiger partial charge is 0.0647 e. The van der Waals surface area contributed by atoms with Crippen LogP contribution in [-0.4, -0.2) is 4.98 Å². The van der Waals surface area contributed by atoms with Crippen molar-refractivity contribution in [1.29, 1.82) is 0 Å².